The molecule has 0 spiro atoms. The Kier molecular flexibility index (Phi) is 6.44. The van der Waals surface area contributed by atoms with Crippen LogP contribution in [0.3, 0.4) is 0 Å². The molecule has 0 amide bonds. The van der Waals surface area contributed by atoms with Crippen LogP contribution in [-0.2, 0) is 14.2 Å². The molecule has 0 radical (unpaired) electrons. The molecule has 2 aliphatic rings. The van der Waals surface area contributed by atoms with Gasteiger partial charge in [0.1, 0.15) is 42.4 Å². The molecule has 0 aliphatic carbocycles. The van der Waals surface area contributed by atoms with Crippen molar-refractivity contribution in [2.24, 2.45) is 0 Å². The molecule has 7 N–H and O–H groups in total. The maximum absolute atomic E-state index is 12.2. The van der Waals surface area contributed by atoms with E-state index in [1.54, 1.807) is 0 Å². The summed E-state index contributed by atoms with van der Waals surface area (Å²) in [4.78, 5) is 41.2. The van der Waals surface area contributed by atoms with Crippen LogP contribution in [0.25, 0.3) is 0 Å². The van der Waals surface area contributed by atoms with E-state index in [-0.39, 0.29) is 5.82 Å². The Bertz CT molecular complexity index is 1160. The molecule has 8 atom stereocenters. The van der Waals surface area contributed by atoms with Gasteiger partial charge in [0.25, 0.3) is 5.56 Å². The third kappa shape index (κ3) is 4.22. The number of hydrogen-bond donors (Lipinski definition) is 6. The molecule has 0 bridgehead atoms. The number of nitrogen functional groups attached to an aromatic ring is 1. The van der Waals surface area contributed by atoms with Gasteiger partial charge in [0.2, 0.25) is 0 Å². The first kappa shape index (κ1) is 23.2. The summed E-state index contributed by atoms with van der Waals surface area (Å²) in [6.07, 6.45) is -8.00. The Morgan fingerprint density at radius 2 is 1.52 bits per heavy atom. The van der Waals surface area contributed by atoms with Crippen LogP contribution in [0.4, 0.5) is 5.82 Å². The lowest BCUT2D eigenvalue weighted by molar-refractivity contribution is -0.131. The van der Waals surface area contributed by atoms with E-state index in [0.717, 1.165) is 21.4 Å². The van der Waals surface area contributed by atoms with Crippen molar-refractivity contribution in [2.45, 2.75) is 49.1 Å². The minimum Gasteiger partial charge on any atom is -0.394 e. The third-order valence-electron chi connectivity index (χ3n) is 5.54. The highest BCUT2D eigenvalue weighted by atomic mass is 16.6. The SMILES string of the molecule is Nc1ccn([C@@H]2O[C@H](CO)[C@@H](O[C@H]3[C@@H](O)[C@H](n4ccc(=O)[nH]c4=O)O[C@@H]3CO)[C@H]2O)c(=O)n1. The van der Waals surface area contributed by atoms with Gasteiger partial charge >= 0.3 is 11.4 Å². The topological polar surface area (TPSA) is 224 Å². The van der Waals surface area contributed by atoms with Gasteiger partial charge in [-0.3, -0.25) is 18.9 Å². The normalized spacial score (nSPS) is 34.1. The molecule has 15 nitrogen and oxygen atoms in total. The second-order valence-corrected chi connectivity index (χ2v) is 7.60. The van der Waals surface area contributed by atoms with Crippen LogP contribution in [0.5, 0.6) is 0 Å². The van der Waals surface area contributed by atoms with Crippen molar-refractivity contribution in [1.82, 2.24) is 19.1 Å². The molecule has 0 unspecified atom stereocenters. The Labute approximate surface area is 184 Å². The Morgan fingerprint density at radius 1 is 0.970 bits per heavy atom. The number of aromatic nitrogens is 4. The Morgan fingerprint density at radius 3 is 2.03 bits per heavy atom. The molecule has 2 aromatic rings. The van der Waals surface area contributed by atoms with Crippen LogP contribution in [-0.4, -0.2) is 89.4 Å². The van der Waals surface area contributed by atoms with Gasteiger partial charge in [-0.05, 0) is 6.07 Å². The number of anilines is 1. The molecule has 0 aromatic carbocycles. The fraction of sp³-hybridized carbons (Fsp3) is 0.556. The summed E-state index contributed by atoms with van der Waals surface area (Å²) in [6.45, 7) is -1.22. The predicted molar refractivity (Wildman–Crippen MR) is 107 cm³/mol. The van der Waals surface area contributed by atoms with Crippen LogP contribution in [0.15, 0.2) is 38.9 Å². The molecule has 15 heteroatoms. The van der Waals surface area contributed by atoms with E-state index in [1.807, 2.05) is 4.98 Å². The second-order valence-electron chi connectivity index (χ2n) is 7.60. The highest BCUT2D eigenvalue weighted by Gasteiger charge is 2.52. The predicted octanol–water partition coefficient (Wildman–Crippen LogP) is -4.37. The van der Waals surface area contributed by atoms with E-state index >= 15 is 0 Å². The first-order valence-electron chi connectivity index (χ1n) is 9.95. The van der Waals surface area contributed by atoms with Crippen molar-refractivity contribution >= 4 is 5.82 Å². The zero-order chi connectivity index (χ0) is 23.9. The third-order valence-corrected chi connectivity index (χ3v) is 5.54. The van der Waals surface area contributed by atoms with Gasteiger partial charge in [-0.1, -0.05) is 0 Å². The molecular formula is C18H23N5O10. The molecule has 2 fully saturated rings. The van der Waals surface area contributed by atoms with Crippen LogP contribution in [0.1, 0.15) is 12.5 Å². The molecule has 2 aromatic heterocycles. The maximum atomic E-state index is 12.2. The summed E-state index contributed by atoms with van der Waals surface area (Å²) in [5, 5.41) is 41.0. The van der Waals surface area contributed by atoms with E-state index in [4.69, 9.17) is 19.9 Å². The lowest BCUT2D eigenvalue weighted by Crippen LogP contribution is -2.46. The van der Waals surface area contributed by atoms with Crippen LogP contribution < -0.4 is 22.7 Å². The average Bonchev–Trinajstić information content (AvgIpc) is 3.25. The largest absolute Gasteiger partial charge is 0.394 e. The molecule has 0 saturated carbocycles. The zero-order valence-corrected chi connectivity index (χ0v) is 17.0. The minimum absolute atomic E-state index is 0.0317. The standard InChI is InChI=1S/C18H23N5O10/c19-9-1-3-22(17(29)20-9)15-11(27)13(7(5-24)31-15)33-14-8(6-25)32-16(12(14)28)23-4-2-10(26)21-18(23)30/h1-4,7-8,11-16,24-25,27-28H,5-6H2,(H2,19,20,29)(H,21,26,30)/t7-,8-,11-,12-,13-,14-,15-,16-/m1/s1. The molecule has 4 rings (SSSR count). The number of ether oxygens (including phenoxy) is 3. The summed E-state index contributed by atoms with van der Waals surface area (Å²) in [6, 6.07) is 2.38. The summed E-state index contributed by atoms with van der Waals surface area (Å²) in [7, 11) is 0. The van der Waals surface area contributed by atoms with Crippen molar-refractivity contribution in [3.8, 4) is 0 Å². The van der Waals surface area contributed by atoms with E-state index in [2.05, 4.69) is 4.98 Å². The minimum atomic E-state index is -1.52. The number of aliphatic hydroxyl groups excluding tert-OH is 4. The van der Waals surface area contributed by atoms with Gasteiger partial charge in [-0.25, -0.2) is 9.59 Å². The fourth-order valence-corrected chi connectivity index (χ4v) is 3.96. The van der Waals surface area contributed by atoms with Crippen molar-refractivity contribution in [3.63, 3.8) is 0 Å². The number of nitrogens with one attached hydrogen (secondary N) is 1. The smallest absolute Gasteiger partial charge is 0.351 e. The monoisotopic (exact) mass is 469 g/mol. The van der Waals surface area contributed by atoms with Gasteiger partial charge in [-0.15, -0.1) is 0 Å². The first-order chi connectivity index (χ1) is 15.7. The summed E-state index contributed by atoms with van der Waals surface area (Å²) in [5.41, 5.74) is 3.18. The van der Waals surface area contributed by atoms with Gasteiger partial charge in [0.05, 0.1) is 13.2 Å². The number of aliphatic hydroxyl groups is 4. The number of hydrogen-bond acceptors (Lipinski definition) is 12. The number of rotatable bonds is 6. The number of aromatic amines is 1. The fourth-order valence-electron chi connectivity index (χ4n) is 3.96. The molecule has 2 saturated heterocycles. The molecule has 4 heterocycles. The van der Waals surface area contributed by atoms with Gasteiger partial charge in [0.15, 0.2) is 12.5 Å². The van der Waals surface area contributed by atoms with Crippen LogP contribution in [0.2, 0.25) is 0 Å². The second kappa shape index (κ2) is 9.14. The Balaban J connectivity index is 1.59. The van der Waals surface area contributed by atoms with E-state index < -0.39 is 79.2 Å². The average molecular weight is 469 g/mol. The molecule has 180 valence electrons. The summed E-state index contributed by atoms with van der Waals surface area (Å²) in [5.74, 6) is -0.0317. The first-order valence-corrected chi connectivity index (χ1v) is 9.95. The molecule has 33 heavy (non-hydrogen) atoms. The van der Waals surface area contributed by atoms with Crippen molar-refractivity contribution < 1.29 is 34.6 Å². The lowest BCUT2D eigenvalue weighted by atomic mass is 10.1. The quantitative estimate of drug-likeness (QED) is 0.236. The van der Waals surface area contributed by atoms with Crippen molar-refractivity contribution in [3.05, 3.63) is 55.8 Å². The van der Waals surface area contributed by atoms with E-state index in [0.29, 0.717) is 0 Å². The summed E-state index contributed by atoms with van der Waals surface area (Å²) < 4.78 is 18.8. The zero-order valence-electron chi connectivity index (χ0n) is 17.0. The van der Waals surface area contributed by atoms with Crippen molar-refractivity contribution in [2.75, 3.05) is 18.9 Å². The van der Waals surface area contributed by atoms with E-state index in [9.17, 15) is 34.8 Å². The van der Waals surface area contributed by atoms with Gasteiger partial charge in [-0.2, -0.15) is 4.98 Å². The number of nitrogens with zero attached hydrogens (tertiary/aromatic N) is 3. The number of nitrogens with two attached hydrogens (primary N) is 1. The lowest BCUT2D eigenvalue weighted by Gasteiger charge is -2.27. The number of H-pyrrole nitrogens is 1. The van der Waals surface area contributed by atoms with Gasteiger partial charge < -0.3 is 40.4 Å². The highest BCUT2D eigenvalue weighted by Crippen LogP contribution is 2.36. The highest BCUT2D eigenvalue weighted by molar-refractivity contribution is 5.23. The molecular weight excluding hydrogens is 446 g/mol. The van der Waals surface area contributed by atoms with Crippen LogP contribution in [0, 0.1) is 0 Å². The molecule has 2 aliphatic heterocycles. The maximum Gasteiger partial charge on any atom is 0.351 e. The van der Waals surface area contributed by atoms with Crippen LogP contribution >= 0.6 is 0 Å². The van der Waals surface area contributed by atoms with Crippen molar-refractivity contribution in [1.29, 1.82) is 0 Å². The Hall–Kier alpha value is -2.92. The van der Waals surface area contributed by atoms with Gasteiger partial charge in [0, 0.05) is 18.5 Å². The van der Waals surface area contributed by atoms with E-state index in [1.165, 1.54) is 12.3 Å². The summed E-state index contributed by atoms with van der Waals surface area (Å²) >= 11 is 0.